The van der Waals surface area contributed by atoms with Crippen LogP contribution < -0.4 is 10.6 Å². The molecule has 1 aliphatic rings. The molecule has 0 saturated heterocycles. The second-order valence-corrected chi connectivity index (χ2v) is 6.83. The van der Waals surface area contributed by atoms with Crippen LogP contribution in [0, 0.1) is 6.92 Å². The molecule has 0 aliphatic heterocycles. The number of amides is 1. The second-order valence-electron chi connectivity index (χ2n) is 6.83. The summed E-state index contributed by atoms with van der Waals surface area (Å²) in [5.74, 6) is 1.59. The van der Waals surface area contributed by atoms with Crippen molar-refractivity contribution in [3.05, 3.63) is 34.5 Å². The van der Waals surface area contributed by atoms with Crippen molar-refractivity contribution < 1.29 is 4.79 Å². The van der Waals surface area contributed by atoms with Crippen molar-refractivity contribution in [2.24, 2.45) is 0 Å². The lowest BCUT2D eigenvalue weighted by atomic mass is 9.96. The van der Waals surface area contributed by atoms with E-state index >= 15 is 0 Å². The van der Waals surface area contributed by atoms with E-state index in [-0.39, 0.29) is 5.91 Å². The molecule has 3 rings (SSSR count). The number of aromatic amines is 1. The zero-order valence-electron chi connectivity index (χ0n) is 15.7. The third kappa shape index (κ3) is 4.59. The molecule has 0 saturated carbocycles. The van der Waals surface area contributed by atoms with Gasteiger partial charge in [0, 0.05) is 42.5 Å². The van der Waals surface area contributed by atoms with E-state index in [1.165, 1.54) is 6.42 Å². The number of carbonyl (C=O) groups excluding carboxylic acids is 1. The molecule has 0 aromatic carbocycles. The Balaban J connectivity index is 1.49. The lowest BCUT2D eigenvalue weighted by Crippen LogP contribution is -2.30. The number of unbranched alkanes of at least 4 members (excludes halogenated alkanes) is 1. The van der Waals surface area contributed by atoms with Crippen molar-refractivity contribution in [2.75, 3.05) is 18.4 Å². The Labute approximate surface area is 154 Å². The Morgan fingerprint density at radius 3 is 2.92 bits per heavy atom. The highest BCUT2D eigenvalue weighted by atomic mass is 16.1. The Kier molecular flexibility index (Phi) is 6.20. The Bertz CT molecular complexity index is 754. The quantitative estimate of drug-likeness (QED) is 0.632. The summed E-state index contributed by atoms with van der Waals surface area (Å²) in [6.07, 6.45) is 7.34. The van der Waals surface area contributed by atoms with Gasteiger partial charge in [-0.3, -0.25) is 9.89 Å². The maximum atomic E-state index is 12.4. The molecular formula is C19H28N6O. The molecule has 0 atom stereocenters. The molecule has 7 heteroatoms. The number of nitrogens with zero attached hydrogens (tertiary/aromatic N) is 3. The van der Waals surface area contributed by atoms with Crippen LogP contribution in [0.1, 0.15) is 65.9 Å². The summed E-state index contributed by atoms with van der Waals surface area (Å²) in [7, 11) is 0. The Morgan fingerprint density at radius 1 is 1.23 bits per heavy atom. The summed E-state index contributed by atoms with van der Waals surface area (Å²) >= 11 is 0. The van der Waals surface area contributed by atoms with Gasteiger partial charge in [-0.2, -0.15) is 5.10 Å². The van der Waals surface area contributed by atoms with E-state index < -0.39 is 0 Å². The second kappa shape index (κ2) is 8.78. The molecule has 0 bridgehead atoms. The van der Waals surface area contributed by atoms with Gasteiger partial charge >= 0.3 is 0 Å². The van der Waals surface area contributed by atoms with Crippen LogP contribution in [0.5, 0.6) is 0 Å². The van der Waals surface area contributed by atoms with E-state index in [9.17, 15) is 4.79 Å². The summed E-state index contributed by atoms with van der Waals surface area (Å²) in [5.41, 5.74) is 3.73. The molecular weight excluding hydrogens is 328 g/mol. The van der Waals surface area contributed by atoms with Crippen LogP contribution in [-0.4, -0.2) is 39.2 Å². The van der Waals surface area contributed by atoms with Crippen LogP contribution in [0.4, 0.5) is 5.82 Å². The molecule has 0 spiro atoms. The first kappa shape index (κ1) is 18.4. The molecule has 0 unspecified atom stereocenters. The van der Waals surface area contributed by atoms with Crippen LogP contribution in [0.15, 0.2) is 6.07 Å². The molecule has 26 heavy (non-hydrogen) atoms. The fraction of sp³-hybridized carbons (Fsp3) is 0.579. The van der Waals surface area contributed by atoms with E-state index in [2.05, 4.69) is 37.7 Å². The van der Waals surface area contributed by atoms with Crippen molar-refractivity contribution in [3.8, 4) is 0 Å². The van der Waals surface area contributed by atoms with Crippen molar-refractivity contribution in [3.63, 3.8) is 0 Å². The number of H-pyrrole nitrogens is 1. The molecule has 0 radical (unpaired) electrons. The van der Waals surface area contributed by atoms with E-state index in [4.69, 9.17) is 0 Å². The van der Waals surface area contributed by atoms with E-state index in [1.54, 1.807) is 0 Å². The number of anilines is 1. The molecule has 2 aromatic rings. The van der Waals surface area contributed by atoms with Crippen LogP contribution in [0.25, 0.3) is 0 Å². The van der Waals surface area contributed by atoms with Gasteiger partial charge in [-0.15, -0.1) is 0 Å². The summed E-state index contributed by atoms with van der Waals surface area (Å²) < 4.78 is 0. The monoisotopic (exact) mass is 356 g/mol. The van der Waals surface area contributed by atoms with Crippen LogP contribution >= 0.6 is 0 Å². The third-order valence-electron chi connectivity index (χ3n) is 4.64. The van der Waals surface area contributed by atoms with E-state index in [1.807, 2.05) is 13.0 Å². The smallest absolute Gasteiger partial charge is 0.272 e. The maximum absolute atomic E-state index is 12.4. The highest BCUT2D eigenvalue weighted by molar-refractivity contribution is 5.94. The molecule has 0 fully saturated rings. The van der Waals surface area contributed by atoms with Gasteiger partial charge in [-0.1, -0.05) is 13.3 Å². The van der Waals surface area contributed by atoms with Crippen molar-refractivity contribution >= 4 is 11.7 Å². The predicted molar refractivity (Wildman–Crippen MR) is 101 cm³/mol. The summed E-state index contributed by atoms with van der Waals surface area (Å²) in [6.45, 7) is 5.27. The lowest BCUT2D eigenvalue weighted by Gasteiger charge is -2.11. The zero-order chi connectivity index (χ0) is 18.4. The highest BCUT2D eigenvalue weighted by Crippen LogP contribution is 2.21. The minimum atomic E-state index is -0.103. The van der Waals surface area contributed by atoms with Gasteiger partial charge in [0.2, 0.25) is 0 Å². The Morgan fingerprint density at radius 2 is 2.08 bits per heavy atom. The van der Waals surface area contributed by atoms with Gasteiger partial charge in [-0.05, 0) is 39.0 Å². The topological polar surface area (TPSA) is 95.6 Å². The first-order valence-corrected chi connectivity index (χ1v) is 9.60. The van der Waals surface area contributed by atoms with E-state index in [0.717, 1.165) is 67.1 Å². The number of hydrogen-bond donors (Lipinski definition) is 3. The van der Waals surface area contributed by atoms with Gasteiger partial charge in [0.05, 0.1) is 0 Å². The van der Waals surface area contributed by atoms with Crippen molar-refractivity contribution in [1.29, 1.82) is 0 Å². The molecule has 140 valence electrons. The summed E-state index contributed by atoms with van der Waals surface area (Å²) in [6, 6.07) is 1.93. The van der Waals surface area contributed by atoms with Crippen molar-refractivity contribution in [1.82, 2.24) is 25.5 Å². The molecule has 7 nitrogen and oxygen atoms in total. The molecule has 2 aromatic heterocycles. The van der Waals surface area contributed by atoms with Gasteiger partial charge in [0.1, 0.15) is 11.6 Å². The minimum Gasteiger partial charge on any atom is -0.368 e. The van der Waals surface area contributed by atoms with Gasteiger partial charge < -0.3 is 10.6 Å². The average molecular weight is 356 g/mol. The summed E-state index contributed by atoms with van der Waals surface area (Å²) in [5, 5.41) is 13.4. The van der Waals surface area contributed by atoms with Crippen molar-refractivity contribution in [2.45, 2.75) is 58.8 Å². The largest absolute Gasteiger partial charge is 0.368 e. The van der Waals surface area contributed by atoms with Crippen LogP contribution in [0.3, 0.4) is 0 Å². The highest BCUT2D eigenvalue weighted by Gasteiger charge is 2.21. The number of carbonyl (C=O) groups is 1. The third-order valence-corrected chi connectivity index (χ3v) is 4.64. The lowest BCUT2D eigenvalue weighted by molar-refractivity contribution is 0.0949. The predicted octanol–water partition coefficient (Wildman–Crippen LogP) is 2.57. The van der Waals surface area contributed by atoms with Gasteiger partial charge in [0.15, 0.2) is 5.69 Å². The fourth-order valence-corrected chi connectivity index (χ4v) is 3.29. The number of hydrogen-bond acceptors (Lipinski definition) is 5. The number of aryl methyl sites for hydroxylation is 3. The molecule has 3 N–H and O–H groups in total. The maximum Gasteiger partial charge on any atom is 0.272 e. The molecule has 1 aliphatic carbocycles. The minimum absolute atomic E-state index is 0.103. The fourth-order valence-electron chi connectivity index (χ4n) is 3.29. The summed E-state index contributed by atoms with van der Waals surface area (Å²) in [4.78, 5) is 21.4. The number of nitrogens with one attached hydrogen (secondary N) is 3. The van der Waals surface area contributed by atoms with E-state index in [0.29, 0.717) is 18.8 Å². The molecule has 2 heterocycles. The normalized spacial score (nSPS) is 13.3. The molecule has 1 amide bonds. The van der Waals surface area contributed by atoms with Gasteiger partial charge in [-0.25, -0.2) is 9.97 Å². The number of aromatic nitrogens is 4. The average Bonchev–Trinajstić information content (AvgIpc) is 3.07. The first-order chi connectivity index (χ1) is 12.7. The zero-order valence-corrected chi connectivity index (χ0v) is 15.7. The SMILES string of the molecule is CCCCc1nc(C)cc(NCCNC(=O)c2n[nH]c3c2CCCC3)n1. The number of rotatable bonds is 8. The standard InChI is InChI=1S/C19H28N6O/c1-3-4-9-16-22-13(2)12-17(23-16)20-10-11-21-19(26)18-14-7-5-6-8-15(14)24-25-18/h12H,3-11H2,1-2H3,(H,21,26)(H,24,25)(H,20,22,23). The Hall–Kier alpha value is -2.44. The first-order valence-electron chi connectivity index (χ1n) is 9.60. The van der Waals surface area contributed by atoms with Crippen LogP contribution in [-0.2, 0) is 19.3 Å². The number of fused-ring (bicyclic) bond motifs is 1. The van der Waals surface area contributed by atoms with Gasteiger partial charge in [0.25, 0.3) is 5.91 Å². The van der Waals surface area contributed by atoms with Crippen LogP contribution in [0.2, 0.25) is 0 Å².